The molecule has 0 aliphatic carbocycles. The van der Waals surface area contributed by atoms with Crippen LogP contribution in [0.1, 0.15) is 28.3 Å². The Hall–Kier alpha value is -1.72. The van der Waals surface area contributed by atoms with Gasteiger partial charge in [-0.15, -0.1) is 11.3 Å². The van der Waals surface area contributed by atoms with Crippen LogP contribution in [0.25, 0.3) is 11.3 Å². The van der Waals surface area contributed by atoms with Crippen molar-refractivity contribution in [3.05, 3.63) is 40.2 Å². The summed E-state index contributed by atoms with van der Waals surface area (Å²) in [6, 6.07) is 7.52. The quantitative estimate of drug-likeness (QED) is 0.872. The zero-order valence-corrected chi connectivity index (χ0v) is 12.0. The van der Waals surface area contributed by atoms with Crippen LogP contribution in [-0.4, -0.2) is 25.1 Å². The fourth-order valence-electron chi connectivity index (χ4n) is 1.64. The average molecular weight is 276 g/mol. The minimum absolute atomic E-state index is 0.244. The van der Waals surface area contributed by atoms with Gasteiger partial charge in [0.05, 0.1) is 24.4 Å². The highest BCUT2D eigenvalue weighted by atomic mass is 32.1. The third-order valence-electron chi connectivity index (χ3n) is 2.93. The molecule has 4 nitrogen and oxygen atoms in total. The minimum atomic E-state index is -0.325. The zero-order valence-electron chi connectivity index (χ0n) is 11.1. The predicted octanol–water partition coefficient (Wildman–Crippen LogP) is 2.88. The Morgan fingerprint density at radius 1 is 1.37 bits per heavy atom. The highest BCUT2D eigenvalue weighted by molar-refractivity contribution is 7.10. The lowest BCUT2D eigenvalue weighted by atomic mass is 10.1. The highest BCUT2D eigenvalue weighted by Crippen LogP contribution is 2.25. The Balaban J connectivity index is 2.22. The maximum Gasteiger partial charge on any atom is 0.337 e. The van der Waals surface area contributed by atoms with E-state index in [1.54, 1.807) is 23.5 Å². The van der Waals surface area contributed by atoms with E-state index in [1.165, 1.54) is 7.11 Å². The molecule has 1 heterocycles. The van der Waals surface area contributed by atoms with E-state index in [0.717, 1.165) is 16.3 Å². The fraction of sp³-hybridized carbons (Fsp3) is 0.286. The molecule has 0 saturated heterocycles. The van der Waals surface area contributed by atoms with Crippen LogP contribution in [0.3, 0.4) is 0 Å². The van der Waals surface area contributed by atoms with Gasteiger partial charge in [-0.25, -0.2) is 9.78 Å². The first-order chi connectivity index (χ1) is 9.15. The van der Waals surface area contributed by atoms with Crippen LogP contribution in [0.15, 0.2) is 29.6 Å². The lowest BCUT2D eigenvalue weighted by molar-refractivity contribution is 0.0601. The largest absolute Gasteiger partial charge is 0.465 e. The number of carbonyl (C=O) groups excluding carboxylic acids is 1. The van der Waals surface area contributed by atoms with E-state index < -0.39 is 0 Å². The van der Waals surface area contributed by atoms with E-state index in [0.29, 0.717) is 5.56 Å². The molecule has 0 unspecified atom stereocenters. The summed E-state index contributed by atoms with van der Waals surface area (Å²) in [6.45, 7) is 2.07. The number of ether oxygens (including phenoxy) is 1. The van der Waals surface area contributed by atoms with Crippen LogP contribution in [0.5, 0.6) is 0 Å². The molecule has 1 atom stereocenters. The summed E-state index contributed by atoms with van der Waals surface area (Å²) in [5.74, 6) is -0.325. The second-order valence-electron chi connectivity index (χ2n) is 4.15. The first-order valence-corrected chi connectivity index (χ1v) is 6.85. The Morgan fingerprint density at radius 3 is 2.63 bits per heavy atom. The van der Waals surface area contributed by atoms with Gasteiger partial charge in [0.15, 0.2) is 0 Å². The van der Waals surface area contributed by atoms with E-state index in [4.69, 9.17) is 0 Å². The average Bonchev–Trinajstić information content (AvgIpc) is 2.95. The molecule has 0 amide bonds. The summed E-state index contributed by atoms with van der Waals surface area (Å²) >= 11 is 1.63. The van der Waals surface area contributed by atoms with Crippen molar-refractivity contribution in [1.29, 1.82) is 0 Å². The lowest BCUT2D eigenvalue weighted by Gasteiger charge is -2.04. The van der Waals surface area contributed by atoms with Crippen molar-refractivity contribution in [1.82, 2.24) is 10.3 Å². The highest BCUT2D eigenvalue weighted by Gasteiger charge is 2.10. The van der Waals surface area contributed by atoms with Crippen LogP contribution >= 0.6 is 11.3 Å². The molecule has 0 fully saturated rings. The number of nitrogens with one attached hydrogen (secondary N) is 1. The second kappa shape index (κ2) is 5.95. The van der Waals surface area contributed by atoms with Crippen LogP contribution in [-0.2, 0) is 4.74 Å². The topological polar surface area (TPSA) is 51.2 Å². The molecular weight excluding hydrogens is 260 g/mol. The molecule has 2 rings (SSSR count). The van der Waals surface area contributed by atoms with Crippen LogP contribution in [0, 0.1) is 0 Å². The molecule has 2 aromatic rings. The molecule has 1 N–H and O–H groups in total. The van der Waals surface area contributed by atoms with Gasteiger partial charge in [0.2, 0.25) is 0 Å². The molecular formula is C14H16N2O2S. The van der Waals surface area contributed by atoms with Crippen molar-refractivity contribution in [2.75, 3.05) is 14.2 Å². The molecule has 19 heavy (non-hydrogen) atoms. The Morgan fingerprint density at radius 2 is 2.05 bits per heavy atom. The van der Waals surface area contributed by atoms with Crippen LogP contribution < -0.4 is 5.32 Å². The summed E-state index contributed by atoms with van der Waals surface area (Å²) in [5, 5.41) is 6.24. The summed E-state index contributed by atoms with van der Waals surface area (Å²) in [5.41, 5.74) is 2.47. The van der Waals surface area contributed by atoms with Crippen LogP contribution in [0.4, 0.5) is 0 Å². The van der Waals surface area contributed by atoms with Crippen molar-refractivity contribution in [3.8, 4) is 11.3 Å². The number of hydrogen-bond donors (Lipinski definition) is 1. The summed E-state index contributed by atoms with van der Waals surface area (Å²) in [4.78, 5) is 15.9. The Bertz CT molecular complexity index is 563. The fourth-order valence-corrected chi connectivity index (χ4v) is 2.53. The number of hydrogen-bond acceptors (Lipinski definition) is 5. The third-order valence-corrected chi connectivity index (χ3v) is 3.95. The Labute approximate surface area is 116 Å². The van der Waals surface area contributed by atoms with Crippen molar-refractivity contribution in [2.24, 2.45) is 0 Å². The van der Waals surface area contributed by atoms with Gasteiger partial charge in [0.1, 0.15) is 5.01 Å². The van der Waals surface area contributed by atoms with Gasteiger partial charge in [0.25, 0.3) is 0 Å². The van der Waals surface area contributed by atoms with Gasteiger partial charge < -0.3 is 10.1 Å². The first-order valence-electron chi connectivity index (χ1n) is 5.97. The molecule has 0 spiro atoms. The number of methoxy groups -OCH3 is 1. The summed E-state index contributed by atoms with van der Waals surface area (Å²) < 4.78 is 4.67. The standard InChI is InChI=1S/C14H16N2O2S/c1-9(15-2)13-16-12(8-19-13)10-4-6-11(7-5-10)14(17)18-3/h4-9,15H,1-3H3/t9-/m0/s1. The number of thiazole rings is 1. The molecule has 1 aromatic heterocycles. The molecule has 1 aromatic carbocycles. The maximum atomic E-state index is 11.3. The van der Waals surface area contributed by atoms with Gasteiger partial charge in [-0.1, -0.05) is 12.1 Å². The van der Waals surface area contributed by atoms with Crippen molar-refractivity contribution >= 4 is 17.3 Å². The molecule has 0 radical (unpaired) electrons. The molecule has 0 bridgehead atoms. The monoisotopic (exact) mass is 276 g/mol. The molecule has 100 valence electrons. The first kappa shape index (κ1) is 13.7. The number of carbonyl (C=O) groups is 1. The lowest BCUT2D eigenvalue weighted by Crippen LogP contribution is -2.11. The summed E-state index contributed by atoms with van der Waals surface area (Å²) in [7, 11) is 3.29. The van der Waals surface area contributed by atoms with Gasteiger partial charge >= 0.3 is 5.97 Å². The smallest absolute Gasteiger partial charge is 0.337 e. The second-order valence-corrected chi connectivity index (χ2v) is 5.04. The normalized spacial score (nSPS) is 12.2. The minimum Gasteiger partial charge on any atom is -0.465 e. The number of nitrogens with zero attached hydrogens (tertiary/aromatic N) is 1. The molecule has 0 saturated carbocycles. The van der Waals surface area contributed by atoms with E-state index in [2.05, 4.69) is 22.0 Å². The maximum absolute atomic E-state index is 11.3. The zero-order chi connectivity index (χ0) is 13.8. The number of rotatable bonds is 4. The third kappa shape index (κ3) is 3.00. The van der Waals surface area contributed by atoms with Gasteiger partial charge in [-0.3, -0.25) is 0 Å². The van der Waals surface area contributed by atoms with Gasteiger partial charge in [0, 0.05) is 10.9 Å². The Kier molecular flexibility index (Phi) is 4.29. The van der Waals surface area contributed by atoms with Gasteiger partial charge in [-0.05, 0) is 26.1 Å². The molecule has 0 aliphatic heterocycles. The van der Waals surface area contributed by atoms with E-state index >= 15 is 0 Å². The van der Waals surface area contributed by atoms with Crippen LogP contribution in [0.2, 0.25) is 0 Å². The van der Waals surface area contributed by atoms with E-state index in [1.807, 2.05) is 24.6 Å². The van der Waals surface area contributed by atoms with Crippen molar-refractivity contribution in [2.45, 2.75) is 13.0 Å². The SMILES string of the molecule is CN[C@@H](C)c1nc(-c2ccc(C(=O)OC)cc2)cs1. The van der Waals surface area contributed by atoms with E-state index in [9.17, 15) is 4.79 Å². The molecule has 5 heteroatoms. The number of aromatic nitrogens is 1. The number of benzene rings is 1. The predicted molar refractivity (Wildman–Crippen MR) is 76.4 cm³/mol. The van der Waals surface area contributed by atoms with E-state index in [-0.39, 0.29) is 12.0 Å². The molecule has 0 aliphatic rings. The van der Waals surface area contributed by atoms with Gasteiger partial charge in [-0.2, -0.15) is 0 Å². The summed E-state index contributed by atoms with van der Waals surface area (Å²) in [6.07, 6.45) is 0. The van der Waals surface area contributed by atoms with Crippen molar-refractivity contribution < 1.29 is 9.53 Å². The number of esters is 1. The van der Waals surface area contributed by atoms with Crippen molar-refractivity contribution in [3.63, 3.8) is 0 Å².